The Morgan fingerprint density at radius 2 is 1.77 bits per heavy atom. The van der Waals surface area contributed by atoms with E-state index in [1.165, 1.54) is 18.4 Å². The quantitative estimate of drug-likeness (QED) is 0.814. The van der Waals surface area contributed by atoms with E-state index in [2.05, 4.69) is 20.6 Å². The summed E-state index contributed by atoms with van der Waals surface area (Å²) in [6.07, 6.45) is 1.20. The maximum Gasteiger partial charge on any atom is 0.209 e. The molecule has 2 aromatic rings. The molecule has 0 unspecified atom stereocenters. The minimum Gasteiger partial charge on any atom is -0.369 e. The van der Waals surface area contributed by atoms with Crippen LogP contribution >= 0.6 is 11.3 Å². The molecule has 1 aromatic carbocycles. The van der Waals surface area contributed by atoms with E-state index in [-0.39, 0.29) is 17.9 Å². The molecule has 8 heteroatoms. The minimum atomic E-state index is -3.27. The van der Waals surface area contributed by atoms with Crippen LogP contribution in [-0.4, -0.2) is 51.8 Å². The first-order valence-electron chi connectivity index (χ1n) is 8.59. The number of anilines is 1. The number of piperazine rings is 1. The Labute approximate surface area is 158 Å². The van der Waals surface area contributed by atoms with Gasteiger partial charge >= 0.3 is 0 Å². The van der Waals surface area contributed by atoms with E-state index >= 15 is 0 Å². The third kappa shape index (κ3) is 4.82. The van der Waals surface area contributed by atoms with Gasteiger partial charge in [0.25, 0.3) is 0 Å². The first-order valence-corrected chi connectivity index (χ1v) is 11.4. The lowest BCUT2D eigenvalue weighted by Gasteiger charge is -2.42. The minimum absolute atomic E-state index is 0.0000859. The van der Waals surface area contributed by atoms with Crippen molar-refractivity contribution in [2.45, 2.75) is 19.0 Å². The number of thiophene rings is 1. The molecule has 1 aliphatic heterocycles. The molecule has 1 aromatic heterocycles. The van der Waals surface area contributed by atoms with Crippen LogP contribution in [0.4, 0.5) is 10.1 Å². The summed E-state index contributed by atoms with van der Waals surface area (Å²) in [4.78, 5) is 5.72. The second kappa shape index (κ2) is 8.04. The highest BCUT2D eigenvalue weighted by Gasteiger charge is 2.31. The molecule has 1 N–H and O–H groups in total. The molecule has 0 radical (unpaired) electrons. The Kier molecular flexibility index (Phi) is 5.96. The van der Waals surface area contributed by atoms with E-state index in [1.807, 2.05) is 18.4 Å². The number of sulfonamides is 1. The highest BCUT2D eigenvalue weighted by atomic mass is 32.2. The predicted octanol–water partition coefficient (Wildman–Crippen LogP) is 2.69. The molecule has 0 spiro atoms. The molecule has 0 amide bonds. The Morgan fingerprint density at radius 1 is 1.12 bits per heavy atom. The number of nitrogens with one attached hydrogen (secondary N) is 1. The van der Waals surface area contributed by atoms with Crippen molar-refractivity contribution >= 4 is 27.0 Å². The van der Waals surface area contributed by atoms with Crippen molar-refractivity contribution in [1.29, 1.82) is 0 Å². The second-order valence-electron chi connectivity index (χ2n) is 6.64. The normalized spacial score (nSPS) is 18.7. The van der Waals surface area contributed by atoms with Crippen molar-refractivity contribution in [2.75, 3.05) is 37.3 Å². The molecule has 0 aliphatic carbocycles. The molecule has 1 fully saturated rings. The summed E-state index contributed by atoms with van der Waals surface area (Å²) in [7, 11) is -3.27. The molecule has 26 heavy (non-hydrogen) atoms. The summed E-state index contributed by atoms with van der Waals surface area (Å²) in [6.45, 7) is 5.18. The van der Waals surface area contributed by atoms with Gasteiger partial charge in [-0.25, -0.2) is 17.5 Å². The van der Waals surface area contributed by atoms with E-state index in [1.54, 1.807) is 23.5 Å². The Bertz CT molecular complexity index is 801. The van der Waals surface area contributed by atoms with Gasteiger partial charge in [-0.2, -0.15) is 0 Å². The molecule has 3 rings (SSSR count). The van der Waals surface area contributed by atoms with Gasteiger partial charge in [0.2, 0.25) is 10.0 Å². The molecule has 142 valence electrons. The molecule has 0 saturated carbocycles. The maximum atomic E-state index is 13.1. The van der Waals surface area contributed by atoms with Gasteiger partial charge in [-0.3, -0.25) is 4.90 Å². The fourth-order valence-corrected chi connectivity index (χ4v) is 5.28. The monoisotopic (exact) mass is 397 g/mol. The molecule has 2 atom stereocenters. The van der Waals surface area contributed by atoms with Crippen molar-refractivity contribution in [3.63, 3.8) is 0 Å². The van der Waals surface area contributed by atoms with Gasteiger partial charge in [0, 0.05) is 42.8 Å². The van der Waals surface area contributed by atoms with Crippen molar-refractivity contribution in [1.82, 2.24) is 9.62 Å². The molecule has 0 bridgehead atoms. The summed E-state index contributed by atoms with van der Waals surface area (Å²) in [5, 5.41) is 2.02. The third-order valence-corrected chi connectivity index (χ3v) is 6.35. The van der Waals surface area contributed by atoms with Crippen LogP contribution in [0, 0.1) is 5.82 Å². The number of nitrogens with zero attached hydrogens (tertiary/aromatic N) is 2. The second-order valence-corrected chi connectivity index (χ2v) is 9.40. The van der Waals surface area contributed by atoms with E-state index in [0.717, 1.165) is 36.7 Å². The van der Waals surface area contributed by atoms with Crippen LogP contribution in [0.1, 0.15) is 17.8 Å². The Balaban J connectivity index is 1.72. The third-order valence-electron chi connectivity index (χ3n) is 4.61. The Morgan fingerprint density at radius 3 is 2.31 bits per heavy atom. The van der Waals surface area contributed by atoms with Crippen LogP contribution in [0.15, 0.2) is 41.8 Å². The fraction of sp³-hybridized carbons (Fsp3) is 0.444. The van der Waals surface area contributed by atoms with E-state index in [4.69, 9.17) is 0 Å². The standard InChI is InChI=1S/C18H24FN3O2S2/c1-14(20-26(2,23)24)18(17-4-3-13-25-17)22-11-9-21(10-12-22)16-7-5-15(19)6-8-16/h3-8,13-14,18,20H,9-12H2,1-2H3/t14-,18+/m0/s1. The van der Waals surface area contributed by atoms with Gasteiger partial charge < -0.3 is 4.90 Å². The molecule has 2 heterocycles. The number of benzene rings is 1. The van der Waals surface area contributed by atoms with Crippen LogP contribution in [0.5, 0.6) is 0 Å². The maximum absolute atomic E-state index is 13.1. The van der Waals surface area contributed by atoms with Crippen LogP contribution in [0.25, 0.3) is 0 Å². The molecular formula is C18H24FN3O2S2. The van der Waals surface area contributed by atoms with Gasteiger partial charge in [0.15, 0.2) is 0 Å². The molecular weight excluding hydrogens is 373 g/mol. The zero-order chi connectivity index (χ0) is 18.7. The highest BCUT2D eigenvalue weighted by molar-refractivity contribution is 7.88. The van der Waals surface area contributed by atoms with Crippen molar-refractivity contribution in [3.05, 3.63) is 52.5 Å². The molecule has 1 saturated heterocycles. The van der Waals surface area contributed by atoms with Crippen LogP contribution in [0.3, 0.4) is 0 Å². The SMILES string of the molecule is C[C@H](NS(C)(=O)=O)[C@H](c1cccs1)N1CCN(c2ccc(F)cc2)CC1. The zero-order valence-corrected chi connectivity index (χ0v) is 16.6. The van der Waals surface area contributed by atoms with E-state index < -0.39 is 10.0 Å². The van der Waals surface area contributed by atoms with E-state index in [9.17, 15) is 12.8 Å². The van der Waals surface area contributed by atoms with Gasteiger partial charge in [-0.1, -0.05) is 6.07 Å². The number of halogens is 1. The zero-order valence-electron chi connectivity index (χ0n) is 14.9. The lowest BCUT2D eigenvalue weighted by molar-refractivity contribution is 0.164. The van der Waals surface area contributed by atoms with Gasteiger partial charge in [0.1, 0.15) is 5.82 Å². The number of rotatable bonds is 6. The fourth-order valence-electron chi connectivity index (χ4n) is 3.51. The smallest absolute Gasteiger partial charge is 0.209 e. The predicted molar refractivity (Wildman–Crippen MR) is 105 cm³/mol. The summed E-state index contributed by atoms with van der Waals surface area (Å²) in [5.41, 5.74) is 1.01. The van der Waals surface area contributed by atoms with Crippen molar-refractivity contribution < 1.29 is 12.8 Å². The number of hydrogen-bond acceptors (Lipinski definition) is 5. The van der Waals surface area contributed by atoms with E-state index in [0.29, 0.717) is 0 Å². The molecule has 1 aliphatic rings. The average Bonchev–Trinajstić information content (AvgIpc) is 3.09. The summed E-state index contributed by atoms with van der Waals surface area (Å²) in [6, 6.07) is 10.4. The highest BCUT2D eigenvalue weighted by Crippen LogP contribution is 2.30. The van der Waals surface area contributed by atoms with Crippen LogP contribution in [-0.2, 0) is 10.0 Å². The first-order chi connectivity index (χ1) is 12.3. The lowest BCUT2D eigenvalue weighted by atomic mass is 10.1. The first kappa shape index (κ1) is 19.3. The van der Waals surface area contributed by atoms with Crippen molar-refractivity contribution in [3.8, 4) is 0 Å². The Hall–Kier alpha value is -1.48. The van der Waals surface area contributed by atoms with Crippen LogP contribution in [0.2, 0.25) is 0 Å². The van der Waals surface area contributed by atoms with Gasteiger partial charge in [0.05, 0.1) is 12.3 Å². The summed E-state index contributed by atoms with van der Waals surface area (Å²) < 4.78 is 39.3. The molecule has 5 nitrogen and oxygen atoms in total. The van der Waals surface area contributed by atoms with Gasteiger partial charge in [-0.15, -0.1) is 11.3 Å². The topological polar surface area (TPSA) is 52.7 Å². The number of hydrogen-bond donors (Lipinski definition) is 1. The van der Waals surface area contributed by atoms with Crippen molar-refractivity contribution in [2.24, 2.45) is 0 Å². The lowest BCUT2D eigenvalue weighted by Crippen LogP contribution is -2.52. The van der Waals surface area contributed by atoms with Gasteiger partial charge in [-0.05, 0) is 42.6 Å². The summed E-state index contributed by atoms with van der Waals surface area (Å²) >= 11 is 1.65. The average molecular weight is 398 g/mol. The summed E-state index contributed by atoms with van der Waals surface area (Å²) in [5.74, 6) is -0.231. The largest absolute Gasteiger partial charge is 0.369 e. The van der Waals surface area contributed by atoms with Crippen LogP contribution < -0.4 is 9.62 Å².